The Labute approximate surface area is 107 Å². The molecule has 0 radical (unpaired) electrons. The number of rotatable bonds is 2. The molecule has 2 N–H and O–H groups in total. The van der Waals surface area contributed by atoms with Gasteiger partial charge in [-0.2, -0.15) is 0 Å². The van der Waals surface area contributed by atoms with E-state index < -0.39 is 5.60 Å². The number of amidine groups is 1. The van der Waals surface area contributed by atoms with Crippen molar-refractivity contribution in [2.75, 3.05) is 19.7 Å². The van der Waals surface area contributed by atoms with Crippen molar-refractivity contribution in [3.05, 3.63) is 24.3 Å². The van der Waals surface area contributed by atoms with E-state index in [9.17, 15) is 0 Å². The number of benzene rings is 1. The molecule has 18 heavy (non-hydrogen) atoms. The molecule has 1 aromatic rings. The van der Waals surface area contributed by atoms with Gasteiger partial charge in [0.15, 0.2) is 11.5 Å². The number of nitrogens with one attached hydrogen (secondary N) is 2. The van der Waals surface area contributed by atoms with Gasteiger partial charge in [0.05, 0.1) is 0 Å². The number of ether oxygens (including phenoxy) is 2. The van der Waals surface area contributed by atoms with Crippen LogP contribution in [0.15, 0.2) is 24.3 Å². The third kappa shape index (κ3) is 1.64. The minimum atomic E-state index is -0.426. The summed E-state index contributed by atoms with van der Waals surface area (Å²) in [5, 5.41) is 3.38. The summed E-state index contributed by atoms with van der Waals surface area (Å²) in [5.41, 5.74) is -0.426. The molecule has 0 amide bonds. The normalized spacial score (nSPS) is 25.8. The van der Waals surface area contributed by atoms with E-state index >= 15 is 0 Å². The van der Waals surface area contributed by atoms with Gasteiger partial charge in [-0.05, 0) is 12.1 Å². The fraction of sp³-hybridized carbons (Fsp3) is 0.500. The molecule has 1 atom stereocenters. The molecule has 4 heteroatoms. The summed E-state index contributed by atoms with van der Waals surface area (Å²) in [6.45, 7) is 6.73. The SMILES string of the molecule is CC(C)C1(C2=[NH+]CCN2)COc2ccccc2O1. The Morgan fingerprint density at radius 3 is 2.72 bits per heavy atom. The Balaban J connectivity index is 1.99. The molecule has 4 nitrogen and oxygen atoms in total. The highest BCUT2D eigenvalue weighted by atomic mass is 16.6. The second-order valence-electron chi connectivity index (χ2n) is 5.11. The van der Waals surface area contributed by atoms with Crippen LogP contribution < -0.4 is 19.8 Å². The predicted molar refractivity (Wildman–Crippen MR) is 69.0 cm³/mol. The zero-order chi connectivity index (χ0) is 12.6. The van der Waals surface area contributed by atoms with Crippen LogP contribution in [-0.2, 0) is 0 Å². The van der Waals surface area contributed by atoms with Crippen LogP contribution >= 0.6 is 0 Å². The Morgan fingerprint density at radius 1 is 1.28 bits per heavy atom. The molecule has 1 unspecified atom stereocenters. The number of hydrogen-bond acceptors (Lipinski definition) is 3. The first-order valence-corrected chi connectivity index (χ1v) is 6.48. The van der Waals surface area contributed by atoms with Crippen LogP contribution in [0.2, 0.25) is 0 Å². The van der Waals surface area contributed by atoms with Crippen molar-refractivity contribution in [3.8, 4) is 11.5 Å². The summed E-state index contributed by atoms with van der Waals surface area (Å²) >= 11 is 0. The first-order valence-electron chi connectivity index (χ1n) is 6.48. The number of para-hydroxylation sites is 2. The van der Waals surface area contributed by atoms with E-state index in [1.807, 2.05) is 24.3 Å². The maximum Gasteiger partial charge on any atom is 0.291 e. The predicted octanol–water partition coefficient (Wildman–Crippen LogP) is -0.0651. The molecule has 0 fully saturated rings. The van der Waals surface area contributed by atoms with Gasteiger partial charge in [-0.25, -0.2) is 0 Å². The summed E-state index contributed by atoms with van der Waals surface area (Å²) in [6, 6.07) is 7.84. The van der Waals surface area contributed by atoms with Crippen LogP contribution in [0.3, 0.4) is 0 Å². The fourth-order valence-electron chi connectivity index (χ4n) is 2.50. The van der Waals surface area contributed by atoms with E-state index in [4.69, 9.17) is 9.47 Å². The molecular weight excluding hydrogens is 228 g/mol. The average molecular weight is 247 g/mol. The first-order chi connectivity index (χ1) is 8.72. The second kappa shape index (κ2) is 4.19. The van der Waals surface area contributed by atoms with Gasteiger partial charge in [-0.1, -0.05) is 26.0 Å². The van der Waals surface area contributed by atoms with Crippen molar-refractivity contribution in [2.45, 2.75) is 19.4 Å². The molecule has 96 valence electrons. The third-order valence-corrected chi connectivity index (χ3v) is 3.67. The van der Waals surface area contributed by atoms with Gasteiger partial charge >= 0.3 is 0 Å². The lowest BCUT2D eigenvalue weighted by atomic mass is 9.88. The lowest BCUT2D eigenvalue weighted by Crippen LogP contribution is -2.79. The van der Waals surface area contributed by atoms with Crippen LogP contribution in [0.4, 0.5) is 0 Å². The smallest absolute Gasteiger partial charge is 0.291 e. The average Bonchev–Trinajstić information content (AvgIpc) is 2.92. The second-order valence-corrected chi connectivity index (χ2v) is 5.11. The number of fused-ring (bicyclic) bond motifs is 1. The van der Waals surface area contributed by atoms with E-state index in [1.165, 1.54) is 0 Å². The van der Waals surface area contributed by atoms with Gasteiger partial charge in [-0.15, -0.1) is 0 Å². The topological polar surface area (TPSA) is 44.5 Å². The highest BCUT2D eigenvalue weighted by Crippen LogP contribution is 2.37. The van der Waals surface area contributed by atoms with Gasteiger partial charge in [0.2, 0.25) is 5.60 Å². The van der Waals surface area contributed by atoms with E-state index in [-0.39, 0.29) is 0 Å². The van der Waals surface area contributed by atoms with Gasteiger partial charge in [0.25, 0.3) is 5.84 Å². The highest BCUT2D eigenvalue weighted by Gasteiger charge is 2.50. The monoisotopic (exact) mass is 247 g/mol. The zero-order valence-corrected chi connectivity index (χ0v) is 10.8. The molecule has 0 aromatic heterocycles. The van der Waals surface area contributed by atoms with Crippen LogP contribution in [-0.4, -0.2) is 31.1 Å². The standard InChI is InChI=1S/C14H18N2O2/c1-10(2)14(13-15-7-8-16-13)9-17-11-5-3-4-6-12(11)18-14/h3-6,10H,7-9H2,1-2H3,(H,15,16)/p+1. The van der Waals surface area contributed by atoms with Gasteiger partial charge in [-0.3, -0.25) is 10.3 Å². The van der Waals surface area contributed by atoms with E-state index in [2.05, 4.69) is 24.2 Å². The van der Waals surface area contributed by atoms with Crippen LogP contribution in [0, 0.1) is 5.92 Å². The summed E-state index contributed by atoms with van der Waals surface area (Å²) in [4.78, 5) is 3.38. The number of hydrogen-bond donors (Lipinski definition) is 2. The molecule has 1 aromatic carbocycles. The summed E-state index contributed by atoms with van der Waals surface area (Å²) in [6.07, 6.45) is 0. The molecular formula is C14H19N2O2+. The molecule has 0 bridgehead atoms. The fourth-order valence-corrected chi connectivity index (χ4v) is 2.50. The molecule has 2 aliphatic heterocycles. The van der Waals surface area contributed by atoms with E-state index in [0.717, 1.165) is 30.4 Å². The Hall–Kier alpha value is -1.71. The zero-order valence-electron chi connectivity index (χ0n) is 10.8. The molecule has 2 aliphatic rings. The summed E-state index contributed by atoms with van der Waals surface area (Å²) < 4.78 is 12.2. The summed E-state index contributed by atoms with van der Waals surface area (Å²) in [7, 11) is 0. The minimum Gasteiger partial charge on any atom is -0.485 e. The molecule has 2 heterocycles. The Morgan fingerprint density at radius 2 is 2.06 bits per heavy atom. The van der Waals surface area contributed by atoms with Crippen LogP contribution in [0.25, 0.3) is 0 Å². The minimum absolute atomic E-state index is 0.318. The van der Waals surface area contributed by atoms with Gasteiger partial charge in [0, 0.05) is 5.92 Å². The van der Waals surface area contributed by atoms with Crippen molar-refractivity contribution in [1.29, 1.82) is 0 Å². The highest BCUT2D eigenvalue weighted by molar-refractivity contribution is 5.87. The molecule has 0 spiro atoms. The maximum atomic E-state index is 6.28. The van der Waals surface area contributed by atoms with Crippen molar-refractivity contribution >= 4 is 5.84 Å². The summed E-state index contributed by atoms with van der Waals surface area (Å²) in [5.74, 6) is 3.01. The molecule has 0 saturated heterocycles. The third-order valence-electron chi connectivity index (χ3n) is 3.67. The lowest BCUT2D eigenvalue weighted by Gasteiger charge is -2.38. The van der Waals surface area contributed by atoms with Crippen molar-refractivity contribution in [1.82, 2.24) is 5.32 Å². The quantitative estimate of drug-likeness (QED) is 0.769. The largest absolute Gasteiger partial charge is 0.485 e. The van der Waals surface area contributed by atoms with E-state index in [0.29, 0.717) is 12.5 Å². The maximum absolute atomic E-state index is 6.28. The van der Waals surface area contributed by atoms with Gasteiger partial charge < -0.3 is 9.47 Å². The van der Waals surface area contributed by atoms with Crippen molar-refractivity contribution in [3.63, 3.8) is 0 Å². The van der Waals surface area contributed by atoms with Gasteiger partial charge in [0.1, 0.15) is 19.7 Å². The molecule has 0 aliphatic carbocycles. The Bertz CT molecular complexity index is 484. The molecule has 0 saturated carbocycles. The Kier molecular flexibility index (Phi) is 2.65. The van der Waals surface area contributed by atoms with E-state index in [1.54, 1.807) is 0 Å². The first kappa shape index (κ1) is 11.4. The van der Waals surface area contributed by atoms with Crippen molar-refractivity contribution in [2.24, 2.45) is 5.92 Å². The molecule has 3 rings (SSSR count). The van der Waals surface area contributed by atoms with Crippen LogP contribution in [0.5, 0.6) is 11.5 Å². The lowest BCUT2D eigenvalue weighted by molar-refractivity contribution is -0.450. The van der Waals surface area contributed by atoms with Crippen LogP contribution in [0.1, 0.15) is 13.8 Å². The van der Waals surface area contributed by atoms with Crippen molar-refractivity contribution < 1.29 is 14.5 Å².